The Labute approximate surface area is 112 Å². The molecule has 0 radical (unpaired) electrons. The van der Waals surface area contributed by atoms with E-state index in [-0.39, 0.29) is 11.9 Å². The molecule has 8 heteroatoms. The summed E-state index contributed by atoms with van der Waals surface area (Å²) in [6.07, 6.45) is 0.299. The molecule has 1 rings (SSSR count). The third-order valence-electron chi connectivity index (χ3n) is 2.11. The maximum atomic E-state index is 11.6. The van der Waals surface area contributed by atoms with Crippen LogP contribution >= 0.6 is 0 Å². The third kappa shape index (κ3) is 5.58. The van der Waals surface area contributed by atoms with E-state index in [1.165, 1.54) is 0 Å². The number of anilines is 1. The van der Waals surface area contributed by atoms with Gasteiger partial charge in [0, 0.05) is 18.2 Å². The topological polar surface area (TPSA) is 117 Å². The fraction of sp³-hybridized carbons (Fsp3) is 0.364. The Hall–Kier alpha value is -1.80. The van der Waals surface area contributed by atoms with Crippen molar-refractivity contribution in [1.82, 2.24) is 4.72 Å². The SMILES string of the molecule is CC(C)NS(=O)(=O)Nc1ccc(C/C(N)=N/O)cc1. The van der Waals surface area contributed by atoms with Gasteiger partial charge in [0.2, 0.25) is 0 Å². The highest BCUT2D eigenvalue weighted by molar-refractivity contribution is 7.90. The standard InChI is InChI=1S/C11H18N4O3S/c1-8(2)14-19(17,18)15-10-5-3-9(4-6-10)7-11(12)13-16/h3-6,8,14-16H,7H2,1-2H3,(H2,12,13). The number of nitrogens with one attached hydrogen (secondary N) is 2. The van der Waals surface area contributed by atoms with Gasteiger partial charge in [-0.05, 0) is 31.5 Å². The Morgan fingerprint density at radius 2 is 1.95 bits per heavy atom. The van der Waals surface area contributed by atoms with Gasteiger partial charge >= 0.3 is 0 Å². The van der Waals surface area contributed by atoms with Gasteiger partial charge in [-0.2, -0.15) is 13.1 Å². The van der Waals surface area contributed by atoms with Crippen LogP contribution in [0.5, 0.6) is 0 Å². The predicted molar refractivity (Wildman–Crippen MR) is 74.4 cm³/mol. The molecule has 0 aromatic heterocycles. The van der Waals surface area contributed by atoms with Crippen molar-refractivity contribution in [3.63, 3.8) is 0 Å². The number of nitrogens with zero attached hydrogens (tertiary/aromatic N) is 1. The Bertz CT molecular complexity index is 538. The molecule has 0 bridgehead atoms. The monoisotopic (exact) mass is 286 g/mol. The number of hydrogen-bond acceptors (Lipinski definition) is 4. The number of amidine groups is 1. The average molecular weight is 286 g/mol. The molecular weight excluding hydrogens is 268 g/mol. The summed E-state index contributed by atoms with van der Waals surface area (Å²) in [7, 11) is -3.56. The minimum Gasteiger partial charge on any atom is -0.409 e. The molecule has 0 spiro atoms. The molecule has 0 unspecified atom stereocenters. The predicted octanol–water partition coefficient (Wildman–Crippen LogP) is 0.630. The van der Waals surface area contributed by atoms with E-state index in [0.29, 0.717) is 12.1 Å². The second-order valence-corrected chi connectivity index (χ2v) is 5.79. The highest BCUT2D eigenvalue weighted by Crippen LogP contribution is 2.11. The molecule has 5 N–H and O–H groups in total. The number of oxime groups is 1. The van der Waals surface area contributed by atoms with E-state index in [0.717, 1.165) is 5.56 Å². The van der Waals surface area contributed by atoms with Gasteiger partial charge in [0.1, 0.15) is 5.84 Å². The van der Waals surface area contributed by atoms with E-state index in [1.54, 1.807) is 38.1 Å². The minimum absolute atomic E-state index is 0.0924. The average Bonchev–Trinajstić information content (AvgIpc) is 2.29. The fourth-order valence-electron chi connectivity index (χ4n) is 1.43. The molecule has 7 nitrogen and oxygen atoms in total. The zero-order valence-corrected chi connectivity index (χ0v) is 11.6. The van der Waals surface area contributed by atoms with Crippen molar-refractivity contribution in [1.29, 1.82) is 0 Å². The molecular formula is C11H18N4O3S. The summed E-state index contributed by atoms with van der Waals surface area (Å²) in [6.45, 7) is 3.47. The first-order valence-corrected chi connectivity index (χ1v) is 7.16. The molecule has 0 atom stereocenters. The van der Waals surface area contributed by atoms with Gasteiger partial charge in [0.25, 0.3) is 10.2 Å². The Balaban J connectivity index is 2.72. The third-order valence-corrected chi connectivity index (χ3v) is 3.40. The lowest BCUT2D eigenvalue weighted by molar-refractivity contribution is 0.317. The van der Waals surface area contributed by atoms with Crippen LogP contribution in [-0.4, -0.2) is 25.5 Å². The minimum atomic E-state index is -3.56. The molecule has 0 amide bonds. The van der Waals surface area contributed by atoms with Gasteiger partial charge in [-0.15, -0.1) is 0 Å². The van der Waals surface area contributed by atoms with Crippen LogP contribution in [0.15, 0.2) is 29.4 Å². The molecule has 0 fully saturated rings. The van der Waals surface area contributed by atoms with Crippen LogP contribution < -0.4 is 15.2 Å². The smallest absolute Gasteiger partial charge is 0.299 e. The van der Waals surface area contributed by atoms with E-state index in [2.05, 4.69) is 14.6 Å². The summed E-state index contributed by atoms with van der Waals surface area (Å²) >= 11 is 0. The maximum absolute atomic E-state index is 11.6. The van der Waals surface area contributed by atoms with Crippen LogP contribution in [0.2, 0.25) is 0 Å². The first kappa shape index (κ1) is 15.3. The molecule has 1 aromatic carbocycles. The second kappa shape index (κ2) is 6.39. The van der Waals surface area contributed by atoms with Gasteiger partial charge in [0.15, 0.2) is 0 Å². The van der Waals surface area contributed by atoms with Crippen molar-refractivity contribution in [3.8, 4) is 0 Å². The normalized spacial score (nSPS) is 12.7. The first-order valence-electron chi connectivity index (χ1n) is 5.68. The van der Waals surface area contributed by atoms with Crippen molar-refractivity contribution >= 4 is 21.7 Å². The molecule has 0 heterocycles. The van der Waals surface area contributed by atoms with Gasteiger partial charge in [0.05, 0.1) is 0 Å². The number of rotatable bonds is 6. The lowest BCUT2D eigenvalue weighted by Gasteiger charge is -2.11. The van der Waals surface area contributed by atoms with Gasteiger partial charge in [-0.25, -0.2) is 0 Å². The number of nitrogens with two attached hydrogens (primary N) is 1. The molecule has 0 saturated heterocycles. The van der Waals surface area contributed by atoms with Crippen LogP contribution in [0.25, 0.3) is 0 Å². The van der Waals surface area contributed by atoms with Gasteiger partial charge < -0.3 is 10.9 Å². The summed E-state index contributed by atoms with van der Waals surface area (Å²) in [4.78, 5) is 0. The van der Waals surface area contributed by atoms with Crippen molar-refractivity contribution in [2.45, 2.75) is 26.3 Å². The second-order valence-electron chi connectivity index (χ2n) is 4.34. The lowest BCUT2D eigenvalue weighted by atomic mass is 10.1. The van der Waals surface area contributed by atoms with Gasteiger partial charge in [-0.3, -0.25) is 4.72 Å². The quantitative estimate of drug-likeness (QED) is 0.265. The summed E-state index contributed by atoms with van der Waals surface area (Å²) in [5.74, 6) is 0.0924. The van der Waals surface area contributed by atoms with E-state index in [4.69, 9.17) is 10.9 Å². The summed E-state index contributed by atoms with van der Waals surface area (Å²) in [5.41, 5.74) is 6.63. The van der Waals surface area contributed by atoms with Crippen LogP contribution in [-0.2, 0) is 16.6 Å². The maximum Gasteiger partial charge on any atom is 0.299 e. The molecule has 0 aliphatic rings. The zero-order chi connectivity index (χ0) is 14.5. The van der Waals surface area contributed by atoms with Crippen LogP contribution in [0, 0.1) is 0 Å². The summed E-state index contributed by atoms with van der Waals surface area (Å²) < 4.78 is 28.1. The molecule has 0 saturated carbocycles. The van der Waals surface area contributed by atoms with Crippen LogP contribution in [0.3, 0.4) is 0 Å². The van der Waals surface area contributed by atoms with Crippen molar-refractivity contribution < 1.29 is 13.6 Å². The molecule has 0 aliphatic carbocycles. The van der Waals surface area contributed by atoms with Crippen molar-refractivity contribution in [3.05, 3.63) is 29.8 Å². The zero-order valence-electron chi connectivity index (χ0n) is 10.8. The number of benzene rings is 1. The van der Waals surface area contributed by atoms with Crippen molar-refractivity contribution in [2.75, 3.05) is 4.72 Å². The van der Waals surface area contributed by atoms with Crippen LogP contribution in [0.1, 0.15) is 19.4 Å². The molecule has 19 heavy (non-hydrogen) atoms. The van der Waals surface area contributed by atoms with Gasteiger partial charge in [-0.1, -0.05) is 17.3 Å². The largest absolute Gasteiger partial charge is 0.409 e. The lowest BCUT2D eigenvalue weighted by Crippen LogP contribution is -2.35. The Kier molecular flexibility index (Phi) is 5.13. The molecule has 106 valence electrons. The Morgan fingerprint density at radius 1 is 1.37 bits per heavy atom. The molecule has 0 aliphatic heterocycles. The highest BCUT2D eigenvalue weighted by Gasteiger charge is 2.11. The van der Waals surface area contributed by atoms with E-state index < -0.39 is 10.2 Å². The van der Waals surface area contributed by atoms with E-state index in [1.807, 2.05) is 0 Å². The highest BCUT2D eigenvalue weighted by atomic mass is 32.2. The van der Waals surface area contributed by atoms with Crippen LogP contribution in [0.4, 0.5) is 5.69 Å². The van der Waals surface area contributed by atoms with E-state index >= 15 is 0 Å². The van der Waals surface area contributed by atoms with Crippen molar-refractivity contribution in [2.24, 2.45) is 10.9 Å². The fourth-order valence-corrected chi connectivity index (χ4v) is 2.56. The van der Waals surface area contributed by atoms with E-state index in [9.17, 15) is 8.42 Å². The Morgan fingerprint density at radius 3 is 2.42 bits per heavy atom. The number of hydrogen-bond donors (Lipinski definition) is 4. The summed E-state index contributed by atoms with van der Waals surface area (Å²) in [6, 6.07) is 6.44. The summed E-state index contributed by atoms with van der Waals surface area (Å²) in [5, 5.41) is 11.3. The molecule has 1 aromatic rings. The first-order chi connectivity index (χ1) is 8.82.